The number of quaternary nitrogens is 1. The molecule has 1 aromatic carbocycles. The zero-order chi connectivity index (χ0) is 13.7. The minimum absolute atomic E-state index is 0.0215. The molecule has 104 valence electrons. The summed E-state index contributed by atoms with van der Waals surface area (Å²) in [6.07, 6.45) is 2.07. The minimum atomic E-state index is -0.0215. The van der Waals surface area contributed by atoms with Gasteiger partial charge in [0.25, 0.3) is 0 Å². The fourth-order valence-electron chi connectivity index (χ4n) is 2.68. The molecule has 1 heterocycles. The Morgan fingerprint density at radius 2 is 2.26 bits per heavy atom. The average molecular weight is 327 g/mol. The number of hydrogen-bond donors (Lipinski definition) is 1. The van der Waals surface area contributed by atoms with E-state index in [-0.39, 0.29) is 11.9 Å². The second-order valence-electron chi connectivity index (χ2n) is 5.06. The van der Waals surface area contributed by atoms with Crippen LogP contribution in [0, 0.1) is 5.92 Å². The summed E-state index contributed by atoms with van der Waals surface area (Å²) in [4.78, 5) is 13.3. The van der Waals surface area contributed by atoms with Gasteiger partial charge in [0.1, 0.15) is 12.5 Å². The Hall–Kier alpha value is -0.870. The molecule has 4 heteroatoms. The molecule has 0 aliphatic carbocycles. The molecule has 1 fully saturated rings. The van der Waals surface area contributed by atoms with Gasteiger partial charge in [-0.05, 0) is 25.8 Å². The van der Waals surface area contributed by atoms with Crippen molar-refractivity contribution >= 4 is 21.9 Å². The smallest absolute Gasteiger partial charge is 0.314 e. The van der Waals surface area contributed by atoms with E-state index in [1.165, 1.54) is 10.5 Å². The molecule has 0 amide bonds. The second-order valence-corrected chi connectivity index (χ2v) is 5.92. The van der Waals surface area contributed by atoms with Crippen LogP contribution in [0.2, 0.25) is 0 Å². The summed E-state index contributed by atoms with van der Waals surface area (Å²) in [7, 11) is 0. The van der Waals surface area contributed by atoms with Crippen LogP contribution in [0.3, 0.4) is 0 Å². The summed E-state index contributed by atoms with van der Waals surface area (Å²) in [6.45, 7) is 5.34. The quantitative estimate of drug-likeness (QED) is 0.855. The molecule has 2 rings (SSSR count). The number of nitrogens with one attached hydrogen (secondary N) is 1. The maximum atomic E-state index is 11.8. The molecule has 1 aliphatic rings. The lowest BCUT2D eigenvalue weighted by atomic mass is 9.98. The predicted octanol–water partition coefficient (Wildman–Crippen LogP) is 1.81. The molecule has 1 saturated heterocycles. The zero-order valence-corrected chi connectivity index (χ0v) is 12.9. The molecular weight excluding hydrogens is 306 g/mol. The van der Waals surface area contributed by atoms with Crippen molar-refractivity contribution in [3.8, 4) is 0 Å². The van der Waals surface area contributed by atoms with Crippen LogP contribution < -0.4 is 4.90 Å². The van der Waals surface area contributed by atoms with Gasteiger partial charge in [0, 0.05) is 10.0 Å². The van der Waals surface area contributed by atoms with Crippen molar-refractivity contribution < 1.29 is 14.4 Å². The number of rotatable bonds is 4. The number of carbonyl (C=O) groups excluding carboxylic acids is 1. The predicted molar refractivity (Wildman–Crippen MR) is 77.9 cm³/mol. The number of hydrogen-bond acceptors (Lipinski definition) is 2. The molecule has 19 heavy (non-hydrogen) atoms. The van der Waals surface area contributed by atoms with Crippen LogP contribution in [0.4, 0.5) is 0 Å². The normalized spacial score (nSPS) is 23.1. The largest absolute Gasteiger partial charge is 0.466 e. The third kappa shape index (κ3) is 4.05. The van der Waals surface area contributed by atoms with Gasteiger partial charge < -0.3 is 9.64 Å². The molecule has 0 aromatic heterocycles. The first kappa shape index (κ1) is 14.5. The number of likely N-dealkylation sites (tertiary alicyclic amines) is 1. The first-order valence-corrected chi connectivity index (χ1v) is 7.73. The first-order chi connectivity index (χ1) is 9.20. The summed E-state index contributed by atoms with van der Waals surface area (Å²) in [5.41, 5.74) is 1.31. The second kappa shape index (κ2) is 7.06. The Bertz CT molecular complexity index is 436. The number of ether oxygens (including phenoxy) is 1. The average Bonchev–Trinajstić information content (AvgIpc) is 2.42. The van der Waals surface area contributed by atoms with Crippen molar-refractivity contribution in [2.45, 2.75) is 26.3 Å². The SMILES string of the molecule is CCOC(=O)[C@H]1CCC[NH+](Cc2ccccc2Br)C1. The molecule has 0 radical (unpaired) electrons. The lowest BCUT2D eigenvalue weighted by molar-refractivity contribution is -0.921. The molecule has 1 aliphatic heterocycles. The summed E-state index contributed by atoms with van der Waals surface area (Å²) < 4.78 is 6.30. The lowest BCUT2D eigenvalue weighted by Gasteiger charge is -2.28. The molecular formula is C15H21BrNO2+. The van der Waals surface area contributed by atoms with E-state index in [4.69, 9.17) is 4.74 Å². The molecule has 1 N–H and O–H groups in total. The number of piperidine rings is 1. The lowest BCUT2D eigenvalue weighted by Crippen LogP contribution is -3.12. The van der Waals surface area contributed by atoms with Crippen molar-refractivity contribution in [3.63, 3.8) is 0 Å². The third-order valence-electron chi connectivity index (χ3n) is 3.64. The highest BCUT2D eigenvalue weighted by Crippen LogP contribution is 2.15. The fourth-order valence-corrected chi connectivity index (χ4v) is 3.11. The number of halogens is 1. The Morgan fingerprint density at radius 3 is 3.00 bits per heavy atom. The summed E-state index contributed by atoms with van der Waals surface area (Å²) in [5.74, 6) is 0.0537. The van der Waals surface area contributed by atoms with E-state index in [1.54, 1.807) is 0 Å². The van der Waals surface area contributed by atoms with Gasteiger partial charge in [0.05, 0.1) is 19.7 Å². The highest BCUT2D eigenvalue weighted by molar-refractivity contribution is 9.10. The van der Waals surface area contributed by atoms with Gasteiger partial charge in [-0.1, -0.05) is 34.1 Å². The summed E-state index contributed by atoms with van der Waals surface area (Å²) in [6, 6.07) is 8.31. The van der Waals surface area contributed by atoms with Gasteiger partial charge in [0.15, 0.2) is 0 Å². The van der Waals surface area contributed by atoms with E-state index in [9.17, 15) is 4.79 Å². The molecule has 3 nitrogen and oxygen atoms in total. The van der Waals surface area contributed by atoms with Gasteiger partial charge in [-0.15, -0.1) is 0 Å². The standard InChI is InChI=1S/C15H20BrNO2/c1-2-19-15(18)13-7-5-9-17(11-13)10-12-6-3-4-8-14(12)16/h3-4,6,8,13H,2,5,7,9-11H2,1H3/p+1/t13-/m0/s1. The van der Waals surface area contributed by atoms with Crippen LogP contribution in [0.5, 0.6) is 0 Å². The van der Waals surface area contributed by atoms with Crippen LogP contribution in [-0.2, 0) is 16.1 Å². The van der Waals surface area contributed by atoms with Crippen molar-refractivity contribution in [2.24, 2.45) is 5.92 Å². The van der Waals surface area contributed by atoms with Crippen LogP contribution in [0.1, 0.15) is 25.3 Å². The molecule has 0 saturated carbocycles. The molecule has 0 bridgehead atoms. The topological polar surface area (TPSA) is 30.7 Å². The maximum Gasteiger partial charge on any atom is 0.314 e. The Labute approximate surface area is 123 Å². The Balaban J connectivity index is 1.94. The molecule has 2 atom stereocenters. The van der Waals surface area contributed by atoms with Crippen molar-refractivity contribution in [1.82, 2.24) is 0 Å². The fraction of sp³-hybridized carbons (Fsp3) is 0.533. The highest BCUT2D eigenvalue weighted by Gasteiger charge is 2.29. The first-order valence-electron chi connectivity index (χ1n) is 6.94. The minimum Gasteiger partial charge on any atom is -0.466 e. The Kier molecular flexibility index (Phi) is 5.40. The van der Waals surface area contributed by atoms with E-state index in [0.717, 1.165) is 36.9 Å². The van der Waals surface area contributed by atoms with Gasteiger partial charge >= 0.3 is 5.97 Å². The van der Waals surface area contributed by atoms with E-state index < -0.39 is 0 Å². The van der Waals surface area contributed by atoms with Gasteiger partial charge in [-0.3, -0.25) is 4.79 Å². The van der Waals surface area contributed by atoms with Gasteiger partial charge in [-0.25, -0.2) is 0 Å². The van der Waals surface area contributed by atoms with E-state index >= 15 is 0 Å². The van der Waals surface area contributed by atoms with Crippen molar-refractivity contribution in [2.75, 3.05) is 19.7 Å². The van der Waals surface area contributed by atoms with Crippen LogP contribution >= 0.6 is 15.9 Å². The molecule has 1 aromatic rings. The van der Waals surface area contributed by atoms with E-state index in [0.29, 0.717) is 6.61 Å². The van der Waals surface area contributed by atoms with Crippen LogP contribution in [-0.4, -0.2) is 25.7 Å². The highest BCUT2D eigenvalue weighted by atomic mass is 79.9. The van der Waals surface area contributed by atoms with Gasteiger partial charge in [0.2, 0.25) is 0 Å². The van der Waals surface area contributed by atoms with Gasteiger partial charge in [-0.2, -0.15) is 0 Å². The monoisotopic (exact) mass is 326 g/mol. The van der Waals surface area contributed by atoms with Crippen molar-refractivity contribution in [1.29, 1.82) is 0 Å². The molecule has 1 unspecified atom stereocenters. The van der Waals surface area contributed by atoms with E-state index in [1.807, 2.05) is 13.0 Å². The number of benzene rings is 1. The van der Waals surface area contributed by atoms with Crippen molar-refractivity contribution in [3.05, 3.63) is 34.3 Å². The number of esters is 1. The maximum absolute atomic E-state index is 11.8. The zero-order valence-electron chi connectivity index (χ0n) is 11.3. The summed E-state index contributed by atoms with van der Waals surface area (Å²) >= 11 is 3.59. The van der Waals surface area contributed by atoms with Crippen LogP contribution in [0.25, 0.3) is 0 Å². The Morgan fingerprint density at radius 1 is 1.47 bits per heavy atom. The number of carbonyl (C=O) groups is 1. The van der Waals surface area contributed by atoms with Crippen LogP contribution in [0.15, 0.2) is 28.7 Å². The molecule has 0 spiro atoms. The van der Waals surface area contributed by atoms with E-state index in [2.05, 4.69) is 34.1 Å². The summed E-state index contributed by atoms with van der Waals surface area (Å²) in [5, 5.41) is 0. The third-order valence-corrected chi connectivity index (χ3v) is 4.41.